The number of unbranched alkanes of at least 4 members (excludes halogenated alkanes) is 41. The van der Waals surface area contributed by atoms with Gasteiger partial charge in [-0.05, 0) is 25.2 Å². The molecule has 6 heteroatoms. The second-order valence-electron chi connectivity index (χ2n) is 20.8. The lowest BCUT2D eigenvalue weighted by Gasteiger charge is -2.18. The maximum absolute atomic E-state index is 12.8. The molecule has 6 nitrogen and oxygen atoms in total. The summed E-state index contributed by atoms with van der Waals surface area (Å²) < 4.78 is 16.9. The maximum Gasteiger partial charge on any atom is 0.306 e. The number of esters is 3. The number of hydrogen-bond donors (Lipinski definition) is 0. The third-order valence-corrected chi connectivity index (χ3v) is 13.5. The Morgan fingerprint density at radius 2 is 0.508 bits per heavy atom. The molecule has 0 heterocycles. The van der Waals surface area contributed by atoms with Crippen LogP contribution in [0, 0.1) is 5.92 Å². The zero-order valence-electron chi connectivity index (χ0n) is 44.5. The van der Waals surface area contributed by atoms with E-state index in [1.165, 1.54) is 231 Å². The van der Waals surface area contributed by atoms with Gasteiger partial charge in [0.15, 0.2) is 6.10 Å². The molecule has 0 N–H and O–H groups in total. The average Bonchev–Trinajstić information content (AvgIpc) is 3.29. The van der Waals surface area contributed by atoms with E-state index in [4.69, 9.17) is 14.2 Å². The zero-order chi connectivity index (χ0) is 47.4. The predicted molar refractivity (Wildman–Crippen MR) is 280 cm³/mol. The van der Waals surface area contributed by atoms with Gasteiger partial charge < -0.3 is 14.2 Å². The van der Waals surface area contributed by atoms with E-state index in [1.807, 2.05) is 0 Å². The van der Waals surface area contributed by atoms with Crippen molar-refractivity contribution in [2.75, 3.05) is 13.2 Å². The van der Waals surface area contributed by atoms with Crippen LogP contribution in [0.2, 0.25) is 0 Å². The van der Waals surface area contributed by atoms with Crippen molar-refractivity contribution >= 4 is 17.9 Å². The van der Waals surface area contributed by atoms with Gasteiger partial charge in [0.1, 0.15) is 13.2 Å². The highest BCUT2D eigenvalue weighted by Gasteiger charge is 2.19. The highest BCUT2D eigenvalue weighted by atomic mass is 16.6. The maximum atomic E-state index is 12.8. The van der Waals surface area contributed by atoms with Crippen LogP contribution in [0.25, 0.3) is 0 Å². The van der Waals surface area contributed by atoms with Gasteiger partial charge in [0.05, 0.1) is 0 Å². The second kappa shape index (κ2) is 53.4. The minimum Gasteiger partial charge on any atom is -0.462 e. The summed E-state index contributed by atoms with van der Waals surface area (Å²) in [5.74, 6) is 0.00903. The molecule has 0 aliphatic carbocycles. The van der Waals surface area contributed by atoms with Crippen molar-refractivity contribution in [3.8, 4) is 0 Å². The van der Waals surface area contributed by atoms with Crippen LogP contribution < -0.4 is 0 Å². The van der Waals surface area contributed by atoms with Gasteiger partial charge in [-0.1, -0.05) is 297 Å². The normalized spacial score (nSPS) is 12.0. The molecule has 0 aromatic rings. The summed E-state index contributed by atoms with van der Waals surface area (Å²) in [6.07, 6.45) is 58.1. The van der Waals surface area contributed by atoms with Crippen molar-refractivity contribution in [1.29, 1.82) is 0 Å². The fourth-order valence-corrected chi connectivity index (χ4v) is 9.10. The molecular formula is C59H114O6. The summed E-state index contributed by atoms with van der Waals surface area (Å²) in [6, 6.07) is 0. The van der Waals surface area contributed by atoms with E-state index >= 15 is 0 Å². The SMILES string of the molecule is CCCCCCCCCCCCCCCCCCCCCC(=O)OC[C@H](COC(=O)CCCCCCCCCCCCCCCCC(C)C)OC(=O)CCCCCCCCCCCCC. The van der Waals surface area contributed by atoms with E-state index in [9.17, 15) is 14.4 Å². The molecule has 0 aliphatic rings. The van der Waals surface area contributed by atoms with E-state index in [0.29, 0.717) is 19.3 Å². The lowest BCUT2D eigenvalue weighted by atomic mass is 10.0. The standard InChI is InChI=1S/C59H114O6/c1-5-7-9-11-13-15-17-18-19-20-21-22-23-27-31-34-38-42-46-50-57(60)63-53-56(65-59(62)52-48-44-40-36-29-16-14-12-10-8-6-2)54-64-58(61)51-47-43-39-35-32-28-25-24-26-30-33-37-41-45-49-55(3)4/h55-56H,5-54H2,1-4H3/t56-/m1/s1. The van der Waals surface area contributed by atoms with Crippen LogP contribution >= 0.6 is 0 Å². The molecule has 0 radical (unpaired) electrons. The van der Waals surface area contributed by atoms with Crippen LogP contribution in [0.1, 0.15) is 336 Å². The summed E-state index contributed by atoms with van der Waals surface area (Å²) in [5, 5.41) is 0. The topological polar surface area (TPSA) is 78.9 Å². The Hall–Kier alpha value is -1.59. The molecule has 0 aromatic heterocycles. The summed E-state index contributed by atoms with van der Waals surface area (Å²) in [6.45, 7) is 9.06. The first-order chi connectivity index (χ1) is 31.9. The molecule has 0 rings (SSSR count). The molecule has 0 aliphatic heterocycles. The largest absolute Gasteiger partial charge is 0.462 e. The Labute approximate surface area is 406 Å². The summed E-state index contributed by atoms with van der Waals surface area (Å²) in [5.41, 5.74) is 0. The van der Waals surface area contributed by atoms with Crippen molar-refractivity contribution in [2.45, 2.75) is 342 Å². The van der Waals surface area contributed by atoms with Crippen LogP contribution in [-0.4, -0.2) is 37.2 Å². The lowest BCUT2D eigenvalue weighted by molar-refractivity contribution is -0.167. The van der Waals surface area contributed by atoms with E-state index < -0.39 is 6.10 Å². The van der Waals surface area contributed by atoms with E-state index in [1.54, 1.807) is 0 Å². The zero-order valence-corrected chi connectivity index (χ0v) is 44.5. The van der Waals surface area contributed by atoms with Crippen LogP contribution in [0.5, 0.6) is 0 Å². The van der Waals surface area contributed by atoms with Gasteiger partial charge >= 0.3 is 17.9 Å². The van der Waals surface area contributed by atoms with Gasteiger partial charge in [-0.25, -0.2) is 0 Å². The molecule has 65 heavy (non-hydrogen) atoms. The first-order valence-corrected chi connectivity index (χ1v) is 29.4. The molecule has 1 atom stereocenters. The smallest absolute Gasteiger partial charge is 0.306 e. The van der Waals surface area contributed by atoms with Crippen molar-refractivity contribution in [3.63, 3.8) is 0 Å². The first kappa shape index (κ1) is 63.4. The minimum absolute atomic E-state index is 0.0618. The molecule has 0 aromatic carbocycles. The number of carbonyl (C=O) groups excluding carboxylic acids is 3. The summed E-state index contributed by atoms with van der Waals surface area (Å²) in [4.78, 5) is 38.1. The van der Waals surface area contributed by atoms with Gasteiger partial charge in [-0.2, -0.15) is 0 Å². The average molecular weight is 920 g/mol. The molecule has 0 unspecified atom stereocenters. The number of carbonyl (C=O) groups is 3. The highest BCUT2D eigenvalue weighted by molar-refractivity contribution is 5.71. The Kier molecular flexibility index (Phi) is 52.1. The molecule has 0 saturated carbocycles. The van der Waals surface area contributed by atoms with Gasteiger partial charge in [-0.15, -0.1) is 0 Å². The molecule has 0 saturated heterocycles. The quantitative estimate of drug-likeness (QED) is 0.0344. The highest BCUT2D eigenvalue weighted by Crippen LogP contribution is 2.18. The molecule has 0 amide bonds. The van der Waals surface area contributed by atoms with Gasteiger partial charge in [-0.3, -0.25) is 14.4 Å². The van der Waals surface area contributed by atoms with Crippen molar-refractivity contribution in [1.82, 2.24) is 0 Å². The Morgan fingerprint density at radius 1 is 0.292 bits per heavy atom. The van der Waals surface area contributed by atoms with Gasteiger partial charge in [0, 0.05) is 19.3 Å². The summed E-state index contributed by atoms with van der Waals surface area (Å²) in [7, 11) is 0. The Balaban J connectivity index is 4.22. The van der Waals surface area contributed by atoms with Crippen LogP contribution in [0.3, 0.4) is 0 Å². The van der Waals surface area contributed by atoms with Crippen LogP contribution in [0.4, 0.5) is 0 Å². The number of hydrogen-bond acceptors (Lipinski definition) is 6. The lowest BCUT2D eigenvalue weighted by Crippen LogP contribution is -2.30. The monoisotopic (exact) mass is 919 g/mol. The van der Waals surface area contributed by atoms with E-state index in [0.717, 1.165) is 63.7 Å². The third kappa shape index (κ3) is 53.2. The van der Waals surface area contributed by atoms with Crippen molar-refractivity contribution in [2.24, 2.45) is 5.92 Å². The number of ether oxygens (including phenoxy) is 3. The molecule has 0 spiro atoms. The Bertz CT molecular complexity index is 980. The van der Waals surface area contributed by atoms with Gasteiger partial charge in [0.25, 0.3) is 0 Å². The fourth-order valence-electron chi connectivity index (χ4n) is 9.10. The minimum atomic E-state index is -0.761. The molecule has 386 valence electrons. The Morgan fingerprint density at radius 3 is 0.754 bits per heavy atom. The fraction of sp³-hybridized carbons (Fsp3) is 0.949. The van der Waals surface area contributed by atoms with Gasteiger partial charge in [0.2, 0.25) is 0 Å². The van der Waals surface area contributed by atoms with Crippen LogP contribution in [0.15, 0.2) is 0 Å². The molecule has 0 bridgehead atoms. The van der Waals surface area contributed by atoms with E-state index in [2.05, 4.69) is 27.7 Å². The molecular weight excluding hydrogens is 805 g/mol. The van der Waals surface area contributed by atoms with Crippen molar-refractivity contribution in [3.05, 3.63) is 0 Å². The predicted octanol–water partition coefficient (Wildman–Crippen LogP) is 19.4. The second-order valence-corrected chi connectivity index (χ2v) is 20.8. The van der Waals surface area contributed by atoms with Crippen molar-refractivity contribution < 1.29 is 28.6 Å². The van der Waals surface area contributed by atoms with E-state index in [-0.39, 0.29) is 31.1 Å². The van der Waals surface area contributed by atoms with Crippen LogP contribution in [-0.2, 0) is 28.6 Å². The molecule has 0 fully saturated rings. The summed E-state index contributed by atoms with van der Waals surface area (Å²) >= 11 is 0. The first-order valence-electron chi connectivity index (χ1n) is 29.4. The number of rotatable bonds is 54. The third-order valence-electron chi connectivity index (χ3n) is 13.5.